The van der Waals surface area contributed by atoms with Gasteiger partial charge in [0.05, 0.1) is 0 Å². The third-order valence-corrected chi connectivity index (χ3v) is 5.15. The van der Waals surface area contributed by atoms with Crippen LogP contribution in [0.15, 0.2) is 78.9 Å². The van der Waals surface area contributed by atoms with Gasteiger partial charge in [-0.15, -0.1) is 0 Å². The number of rotatable bonds is 8. The van der Waals surface area contributed by atoms with Crippen LogP contribution in [0.1, 0.15) is 35.6 Å². The Hall–Kier alpha value is -3.07. The Labute approximate surface area is 174 Å². The first kappa shape index (κ1) is 20.7. The number of aryl methyl sites for hydroxylation is 2. The van der Waals surface area contributed by atoms with E-state index in [1.165, 1.54) is 5.56 Å². The molecule has 0 unspecified atom stereocenters. The van der Waals surface area contributed by atoms with Crippen LogP contribution in [0.25, 0.3) is 0 Å². The van der Waals surface area contributed by atoms with Crippen molar-refractivity contribution in [2.75, 3.05) is 0 Å². The van der Waals surface area contributed by atoms with Crippen LogP contribution >= 0.6 is 0 Å². The molecule has 3 nitrogen and oxygen atoms in total. The van der Waals surface area contributed by atoms with Gasteiger partial charge in [-0.1, -0.05) is 73.7 Å². The van der Waals surface area contributed by atoms with Gasteiger partial charge in [0.2, 0.25) is 0 Å². The summed E-state index contributed by atoms with van der Waals surface area (Å²) >= 11 is 0. The first-order valence-electron chi connectivity index (χ1n) is 10.2. The second-order valence-electron chi connectivity index (χ2n) is 7.43. The maximum absolute atomic E-state index is 13.4. The average molecular weight is 388 g/mol. The number of carbonyl (C=O) groups is 1. The van der Waals surface area contributed by atoms with E-state index in [1.54, 1.807) is 0 Å². The number of ether oxygens (including phenoxy) is 1. The predicted molar refractivity (Wildman–Crippen MR) is 118 cm³/mol. The molecule has 0 aromatic heterocycles. The van der Waals surface area contributed by atoms with Crippen LogP contribution in [0.5, 0.6) is 5.75 Å². The van der Waals surface area contributed by atoms with E-state index in [-0.39, 0.29) is 5.91 Å². The Kier molecular flexibility index (Phi) is 7.07. The molecule has 1 amide bonds. The maximum atomic E-state index is 13.4. The molecule has 3 aromatic carbocycles. The standard InChI is InChI=1S/C26H29NO2/c1-4-25(29-24-16-15-20(2)21(3)17-24)26(28)27(18-22-11-7-5-8-12-22)19-23-13-9-6-10-14-23/h5-17,25H,4,18-19H2,1-3H3/t25-/m1/s1. The highest BCUT2D eigenvalue weighted by atomic mass is 16.5. The van der Waals surface area contributed by atoms with Crippen LogP contribution in [0.4, 0.5) is 0 Å². The Bertz CT molecular complexity index is 880. The lowest BCUT2D eigenvalue weighted by molar-refractivity contribution is -0.140. The lowest BCUT2D eigenvalue weighted by Crippen LogP contribution is -2.41. The summed E-state index contributed by atoms with van der Waals surface area (Å²) in [6, 6.07) is 26.2. The summed E-state index contributed by atoms with van der Waals surface area (Å²) in [4.78, 5) is 15.3. The Balaban J connectivity index is 1.81. The fourth-order valence-electron chi connectivity index (χ4n) is 3.28. The summed E-state index contributed by atoms with van der Waals surface area (Å²) in [5, 5.41) is 0. The molecule has 0 spiro atoms. The summed E-state index contributed by atoms with van der Waals surface area (Å²) in [5.74, 6) is 0.756. The van der Waals surface area contributed by atoms with Crippen LogP contribution in [0.3, 0.4) is 0 Å². The summed E-state index contributed by atoms with van der Waals surface area (Å²) in [7, 11) is 0. The van der Waals surface area contributed by atoms with E-state index in [2.05, 4.69) is 38.1 Å². The van der Waals surface area contributed by atoms with E-state index in [1.807, 2.05) is 66.4 Å². The zero-order valence-electron chi connectivity index (χ0n) is 17.5. The van der Waals surface area contributed by atoms with Gasteiger partial charge >= 0.3 is 0 Å². The van der Waals surface area contributed by atoms with Gasteiger partial charge in [0, 0.05) is 13.1 Å². The monoisotopic (exact) mass is 387 g/mol. The fourth-order valence-corrected chi connectivity index (χ4v) is 3.28. The van der Waals surface area contributed by atoms with Gasteiger partial charge < -0.3 is 9.64 Å². The molecule has 29 heavy (non-hydrogen) atoms. The van der Waals surface area contributed by atoms with Crippen LogP contribution < -0.4 is 4.74 Å². The maximum Gasteiger partial charge on any atom is 0.264 e. The molecule has 3 heteroatoms. The van der Waals surface area contributed by atoms with Gasteiger partial charge in [-0.2, -0.15) is 0 Å². The molecule has 3 aromatic rings. The topological polar surface area (TPSA) is 29.5 Å². The molecule has 0 heterocycles. The molecule has 0 fully saturated rings. The highest BCUT2D eigenvalue weighted by Crippen LogP contribution is 2.20. The lowest BCUT2D eigenvalue weighted by Gasteiger charge is -2.28. The normalized spacial score (nSPS) is 11.7. The molecule has 0 aliphatic carbocycles. The van der Waals surface area contributed by atoms with Crippen molar-refractivity contribution in [2.45, 2.75) is 46.4 Å². The van der Waals surface area contributed by atoms with Gasteiger partial charge in [-0.25, -0.2) is 0 Å². The van der Waals surface area contributed by atoms with E-state index in [4.69, 9.17) is 4.74 Å². The zero-order chi connectivity index (χ0) is 20.6. The predicted octanol–water partition coefficient (Wildman–Crippen LogP) is 5.69. The number of amides is 1. The highest BCUT2D eigenvalue weighted by Gasteiger charge is 2.25. The number of benzene rings is 3. The Morgan fingerprint density at radius 2 is 1.38 bits per heavy atom. The van der Waals surface area contributed by atoms with Gasteiger partial charge in [0.1, 0.15) is 5.75 Å². The number of nitrogens with zero attached hydrogens (tertiary/aromatic N) is 1. The minimum absolute atomic E-state index is 0.0124. The molecular weight excluding hydrogens is 358 g/mol. The van der Waals surface area contributed by atoms with E-state index in [0.29, 0.717) is 19.5 Å². The molecule has 0 saturated carbocycles. The summed E-state index contributed by atoms with van der Waals surface area (Å²) in [6.07, 6.45) is 0.107. The molecular formula is C26H29NO2. The molecule has 1 atom stereocenters. The fraction of sp³-hybridized carbons (Fsp3) is 0.269. The van der Waals surface area contributed by atoms with Crippen molar-refractivity contribution in [3.8, 4) is 5.75 Å². The molecule has 150 valence electrons. The van der Waals surface area contributed by atoms with E-state index < -0.39 is 6.10 Å². The van der Waals surface area contributed by atoms with Crippen molar-refractivity contribution in [3.05, 3.63) is 101 Å². The van der Waals surface area contributed by atoms with Gasteiger partial charge in [0.25, 0.3) is 5.91 Å². The smallest absolute Gasteiger partial charge is 0.264 e. The van der Waals surface area contributed by atoms with E-state index >= 15 is 0 Å². The molecule has 0 N–H and O–H groups in total. The Morgan fingerprint density at radius 3 is 1.86 bits per heavy atom. The van der Waals surface area contributed by atoms with Crippen molar-refractivity contribution in [3.63, 3.8) is 0 Å². The molecule has 0 radical (unpaired) electrons. The third kappa shape index (κ3) is 5.71. The second-order valence-corrected chi connectivity index (χ2v) is 7.43. The van der Waals surface area contributed by atoms with Gasteiger partial charge in [-0.3, -0.25) is 4.79 Å². The number of hydrogen-bond donors (Lipinski definition) is 0. The summed E-state index contributed by atoms with van der Waals surface area (Å²) < 4.78 is 6.13. The van der Waals surface area contributed by atoms with E-state index in [0.717, 1.165) is 22.4 Å². The summed E-state index contributed by atoms with van der Waals surface area (Å²) in [5.41, 5.74) is 4.59. The average Bonchev–Trinajstić information content (AvgIpc) is 2.75. The SMILES string of the molecule is CC[C@@H](Oc1ccc(C)c(C)c1)C(=O)N(Cc1ccccc1)Cc1ccccc1. The highest BCUT2D eigenvalue weighted by molar-refractivity contribution is 5.81. The first-order valence-corrected chi connectivity index (χ1v) is 10.2. The van der Waals surface area contributed by atoms with Crippen molar-refractivity contribution in [1.29, 1.82) is 0 Å². The first-order chi connectivity index (χ1) is 14.1. The van der Waals surface area contributed by atoms with Crippen LogP contribution in [-0.2, 0) is 17.9 Å². The van der Waals surface area contributed by atoms with Crippen molar-refractivity contribution >= 4 is 5.91 Å². The minimum Gasteiger partial charge on any atom is -0.481 e. The second kappa shape index (κ2) is 9.92. The van der Waals surface area contributed by atoms with Crippen LogP contribution in [0, 0.1) is 13.8 Å². The molecule has 3 rings (SSSR count). The Morgan fingerprint density at radius 1 is 0.828 bits per heavy atom. The number of hydrogen-bond acceptors (Lipinski definition) is 2. The van der Waals surface area contributed by atoms with Gasteiger partial charge in [0.15, 0.2) is 6.10 Å². The van der Waals surface area contributed by atoms with Crippen molar-refractivity contribution < 1.29 is 9.53 Å². The van der Waals surface area contributed by atoms with Crippen LogP contribution in [0.2, 0.25) is 0 Å². The summed E-state index contributed by atoms with van der Waals surface area (Å²) in [6.45, 7) is 7.24. The lowest BCUT2D eigenvalue weighted by atomic mass is 10.1. The third-order valence-electron chi connectivity index (χ3n) is 5.15. The van der Waals surface area contributed by atoms with Crippen LogP contribution in [-0.4, -0.2) is 16.9 Å². The quantitative estimate of drug-likeness (QED) is 0.497. The molecule has 0 aliphatic rings. The van der Waals surface area contributed by atoms with Crippen molar-refractivity contribution in [1.82, 2.24) is 4.90 Å². The largest absolute Gasteiger partial charge is 0.481 e. The minimum atomic E-state index is -0.510. The zero-order valence-corrected chi connectivity index (χ0v) is 17.5. The van der Waals surface area contributed by atoms with Crippen molar-refractivity contribution in [2.24, 2.45) is 0 Å². The molecule has 0 aliphatic heterocycles. The number of carbonyl (C=O) groups excluding carboxylic acids is 1. The molecule has 0 bridgehead atoms. The van der Waals surface area contributed by atoms with E-state index in [9.17, 15) is 4.79 Å². The molecule has 0 saturated heterocycles. The van der Waals surface area contributed by atoms with Gasteiger partial charge in [-0.05, 0) is 54.7 Å².